The van der Waals surface area contributed by atoms with Gasteiger partial charge in [-0.25, -0.2) is 9.18 Å². The van der Waals surface area contributed by atoms with E-state index in [9.17, 15) is 9.18 Å². The zero-order valence-corrected chi connectivity index (χ0v) is 7.37. The molecule has 0 amide bonds. The van der Waals surface area contributed by atoms with Gasteiger partial charge in [-0.15, -0.1) is 0 Å². The first-order valence-corrected chi connectivity index (χ1v) is 4.30. The van der Waals surface area contributed by atoms with Crippen molar-refractivity contribution in [2.45, 2.75) is 12.5 Å². The predicted octanol–water partition coefficient (Wildman–Crippen LogP) is 1.99. The maximum atomic E-state index is 12.9. The summed E-state index contributed by atoms with van der Waals surface area (Å²) >= 11 is 0. The van der Waals surface area contributed by atoms with E-state index in [1.54, 1.807) is 6.07 Å². The zero-order valence-electron chi connectivity index (χ0n) is 7.37. The minimum atomic E-state index is -0.347. The molecule has 0 saturated heterocycles. The lowest BCUT2D eigenvalue weighted by atomic mass is 10.0. The highest BCUT2D eigenvalue weighted by Crippen LogP contribution is 2.34. The number of aliphatic imine (C=N–C) groups is 1. The molecule has 4 heteroatoms. The van der Waals surface area contributed by atoms with Gasteiger partial charge >= 0.3 is 0 Å². The Morgan fingerprint density at radius 2 is 2.43 bits per heavy atom. The number of fused-ring (bicyclic) bond motifs is 1. The van der Waals surface area contributed by atoms with Gasteiger partial charge in [0.1, 0.15) is 11.6 Å². The fourth-order valence-electron chi connectivity index (χ4n) is 1.54. The van der Waals surface area contributed by atoms with Crippen molar-refractivity contribution >= 4 is 6.08 Å². The maximum absolute atomic E-state index is 12.9. The number of halogens is 1. The molecule has 0 bridgehead atoms. The van der Waals surface area contributed by atoms with Crippen molar-refractivity contribution < 1.29 is 13.9 Å². The number of hydrogen-bond donors (Lipinski definition) is 0. The van der Waals surface area contributed by atoms with Gasteiger partial charge in [0.15, 0.2) is 0 Å². The molecule has 1 unspecified atom stereocenters. The highest BCUT2D eigenvalue weighted by Gasteiger charge is 2.21. The van der Waals surface area contributed by atoms with E-state index in [4.69, 9.17) is 4.74 Å². The van der Waals surface area contributed by atoms with Crippen LogP contribution in [0.3, 0.4) is 0 Å². The van der Waals surface area contributed by atoms with Gasteiger partial charge in [-0.1, -0.05) is 0 Å². The van der Waals surface area contributed by atoms with Crippen molar-refractivity contribution in [3.05, 3.63) is 29.6 Å². The molecule has 14 heavy (non-hydrogen) atoms. The molecule has 1 aromatic carbocycles. The Hall–Kier alpha value is -1.67. The van der Waals surface area contributed by atoms with E-state index in [1.807, 2.05) is 0 Å². The summed E-state index contributed by atoms with van der Waals surface area (Å²) in [5.74, 6) is 0.252. The standard InChI is InChI=1S/C10H8FNO2/c11-7-1-2-10-8(5-7)9(12-6-13)3-4-14-10/h1-2,5,9H,3-4H2. The molecule has 72 valence electrons. The van der Waals surface area contributed by atoms with Gasteiger partial charge in [0.2, 0.25) is 6.08 Å². The van der Waals surface area contributed by atoms with Crippen LogP contribution < -0.4 is 4.74 Å². The van der Waals surface area contributed by atoms with E-state index in [1.165, 1.54) is 18.2 Å². The number of nitrogens with zero attached hydrogens (tertiary/aromatic N) is 1. The van der Waals surface area contributed by atoms with Crippen molar-refractivity contribution in [3.8, 4) is 5.75 Å². The Morgan fingerprint density at radius 1 is 1.57 bits per heavy atom. The lowest BCUT2D eigenvalue weighted by Crippen LogP contribution is -2.12. The molecule has 1 aliphatic heterocycles. The van der Waals surface area contributed by atoms with E-state index in [0.717, 1.165) is 0 Å². The number of rotatable bonds is 1. The summed E-state index contributed by atoms with van der Waals surface area (Å²) in [6.07, 6.45) is 2.08. The number of ether oxygens (including phenoxy) is 1. The Labute approximate surface area is 80.2 Å². The largest absolute Gasteiger partial charge is 0.493 e. The van der Waals surface area contributed by atoms with E-state index >= 15 is 0 Å². The first kappa shape index (κ1) is 8.91. The third kappa shape index (κ3) is 1.52. The van der Waals surface area contributed by atoms with Crippen LogP contribution in [0.15, 0.2) is 23.2 Å². The minimum absolute atomic E-state index is 0.313. The average Bonchev–Trinajstić information content (AvgIpc) is 2.19. The second kappa shape index (κ2) is 3.60. The van der Waals surface area contributed by atoms with E-state index < -0.39 is 0 Å². The smallest absolute Gasteiger partial charge is 0.235 e. The van der Waals surface area contributed by atoms with Crippen molar-refractivity contribution in [2.75, 3.05) is 6.61 Å². The van der Waals surface area contributed by atoms with Crippen molar-refractivity contribution in [1.82, 2.24) is 0 Å². The first-order chi connectivity index (χ1) is 6.81. The van der Waals surface area contributed by atoms with Crippen LogP contribution in [0.4, 0.5) is 4.39 Å². The van der Waals surface area contributed by atoms with Crippen LogP contribution in [0.1, 0.15) is 18.0 Å². The van der Waals surface area contributed by atoms with Gasteiger partial charge in [0, 0.05) is 12.0 Å². The Morgan fingerprint density at radius 3 is 3.21 bits per heavy atom. The molecule has 1 heterocycles. The normalized spacial score (nSPS) is 19.1. The summed E-state index contributed by atoms with van der Waals surface area (Å²) in [5.41, 5.74) is 0.625. The first-order valence-electron chi connectivity index (χ1n) is 4.30. The number of benzene rings is 1. The molecule has 3 nitrogen and oxygen atoms in total. The summed E-state index contributed by atoms with van der Waals surface area (Å²) < 4.78 is 18.2. The van der Waals surface area contributed by atoms with Gasteiger partial charge in [-0.2, -0.15) is 4.99 Å². The molecular weight excluding hydrogens is 185 g/mol. The Balaban J connectivity index is 2.46. The molecule has 0 aliphatic carbocycles. The quantitative estimate of drug-likeness (QED) is 0.505. The third-order valence-electron chi connectivity index (χ3n) is 2.19. The molecule has 1 atom stereocenters. The highest BCUT2D eigenvalue weighted by atomic mass is 19.1. The molecular formula is C10H8FNO2. The van der Waals surface area contributed by atoms with Gasteiger partial charge in [-0.3, -0.25) is 0 Å². The number of hydrogen-bond acceptors (Lipinski definition) is 3. The summed E-state index contributed by atoms with van der Waals surface area (Å²) in [6.45, 7) is 0.495. The summed E-state index contributed by atoms with van der Waals surface area (Å²) in [4.78, 5) is 13.8. The third-order valence-corrected chi connectivity index (χ3v) is 2.19. The lowest BCUT2D eigenvalue weighted by molar-refractivity contribution is 0.268. The van der Waals surface area contributed by atoms with Crippen LogP contribution in [-0.4, -0.2) is 12.7 Å². The molecule has 2 rings (SSSR count). The minimum Gasteiger partial charge on any atom is -0.493 e. The Bertz CT molecular complexity index is 399. The van der Waals surface area contributed by atoms with Crippen LogP contribution in [0, 0.1) is 5.82 Å². The van der Waals surface area contributed by atoms with Gasteiger partial charge in [-0.05, 0) is 18.2 Å². The van der Waals surface area contributed by atoms with E-state index in [2.05, 4.69) is 4.99 Å². The number of isocyanates is 1. The van der Waals surface area contributed by atoms with E-state index in [-0.39, 0.29) is 11.9 Å². The molecule has 1 aromatic rings. The number of carbonyl (C=O) groups excluding carboxylic acids is 1. The highest BCUT2D eigenvalue weighted by molar-refractivity contribution is 5.41. The molecule has 0 N–H and O–H groups in total. The second-order valence-corrected chi connectivity index (χ2v) is 3.06. The van der Waals surface area contributed by atoms with Gasteiger partial charge in [0.05, 0.1) is 12.6 Å². The SMILES string of the molecule is O=C=NC1CCOc2ccc(F)cc21. The summed E-state index contributed by atoms with van der Waals surface area (Å²) in [7, 11) is 0. The summed E-state index contributed by atoms with van der Waals surface area (Å²) in [5, 5.41) is 0. The molecule has 0 fully saturated rings. The van der Waals surface area contributed by atoms with E-state index in [0.29, 0.717) is 24.3 Å². The molecule has 0 saturated carbocycles. The monoisotopic (exact) mass is 193 g/mol. The average molecular weight is 193 g/mol. The fraction of sp³-hybridized carbons (Fsp3) is 0.300. The maximum Gasteiger partial charge on any atom is 0.235 e. The molecule has 0 radical (unpaired) electrons. The van der Waals surface area contributed by atoms with Gasteiger partial charge < -0.3 is 4.74 Å². The molecule has 0 aromatic heterocycles. The van der Waals surface area contributed by atoms with Crippen LogP contribution in [-0.2, 0) is 4.79 Å². The topological polar surface area (TPSA) is 38.7 Å². The van der Waals surface area contributed by atoms with Crippen LogP contribution in [0.5, 0.6) is 5.75 Å². The van der Waals surface area contributed by atoms with Crippen molar-refractivity contribution in [1.29, 1.82) is 0 Å². The van der Waals surface area contributed by atoms with Crippen LogP contribution in [0.2, 0.25) is 0 Å². The van der Waals surface area contributed by atoms with Crippen LogP contribution >= 0.6 is 0 Å². The Kier molecular flexibility index (Phi) is 2.29. The fourth-order valence-corrected chi connectivity index (χ4v) is 1.54. The summed E-state index contributed by atoms with van der Waals surface area (Å²) in [6, 6.07) is 3.91. The van der Waals surface area contributed by atoms with Crippen LogP contribution in [0.25, 0.3) is 0 Å². The molecule has 0 spiro atoms. The van der Waals surface area contributed by atoms with Crippen molar-refractivity contribution in [2.24, 2.45) is 4.99 Å². The molecule has 1 aliphatic rings. The van der Waals surface area contributed by atoms with Crippen molar-refractivity contribution in [3.63, 3.8) is 0 Å². The van der Waals surface area contributed by atoms with Gasteiger partial charge in [0.25, 0.3) is 0 Å². The zero-order chi connectivity index (χ0) is 9.97. The predicted molar refractivity (Wildman–Crippen MR) is 47.4 cm³/mol. The lowest BCUT2D eigenvalue weighted by Gasteiger charge is -2.21. The second-order valence-electron chi connectivity index (χ2n) is 3.06.